The van der Waals surface area contributed by atoms with Crippen molar-refractivity contribution in [2.24, 2.45) is 7.05 Å². The fraction of sp³-hybridized carbons (Fsp3) is 0.417. The van der Waals surface area contributed by atoms with E-state index >= 15 is 0 Å². The second-order valence-corrected chi connectivity index (χ2v) is 2.13. The lowest BCUT2D eigenvalue weighted by molar-refractivity contribution is 0.912. The van der Waals surface area contributed by atoms with Gasteiger partial charge in [-0.05, 0) is 6.92 Å². The fourth-order valence-corrected chi connectivity index (χ4v) is 0.737. The predicted molar refractivity (Wildman–Crippen MR) is 61.6 cm³/mol. The third-order valence-corrected chi connectivity index (χ3v) is 1.20. The maximum Gasteiger partial charge on any atom is 0.0947 e. The van der Waals surface area contributed by atoms with Crippen LogP contribution in [-0.2, 0) is 13.5 Å². The summed E-state index contributed by atoms with van der Waals surface area (Å²) in [6, 6.07) is 0. The zero-order valence-corrected chi connectivity index (χ0v) is 9.41. The molecule has 0 amide bonds. The number of terminal acetylenes is 1. The van der Waals surface area contributed by atoms with Crippen LogP contribution in [0.4, 0.5) is 0 Å². The molecule has 0 aliphatic rings. The van der Waals surface area contributed by atoms with E-state index in [-0.39, 0.29) is 0 Å². The molecular formula is C12H18N2. The van der Waals surface area contributed by atoms with Gasteiger partial charge in [-0.2, -0.15) is 0 Å². The number of aromatic nitrogens is 2. The van der Waals surface area contributed by atoms with E-state index in [2.05, 4.69) is 29.7 Å². The van der Waals surface area contributed by atoms with Gasteiger partial charge in [0.1, 0.15) is 0 Å². The van der Waals surface area contributed by atoms with Crippen LogP contribution in [0.3, 0.4) is 0 Å². The first-order valence-corrected chi connectivity index (χ1v) is 4.52. The van der Waals surface area contributed by atoms with Crippen LogP contribution in [0.5, 0.6) is 0 Å². The molecule has 0 radical (unpaired) electrons. The molecular weight excluding hydrogens is 172 g/mol. The highest BCUT2D eigenvalue weighted by atomic mass is 15.0. The van der Waals surface area contributed by atoms with E-state index < -0.39 is 0 Å². The topological polar surface area (TPSA) is 17.8 Å². The van der Waals surface area contributed by atoms with Crippen molar-refractivity contribution in [2.45, 2.75) is 27.2 Å². The number of imidazole rings is 1. The molecule has 76 valence electrons. The Labute approximate surface area is 87.4 Å². The van der Waals surface area contributed by atoms with Crippen molar-refractivity contribution in [3.8, 4) is 24.7 Å². The largest absolute Gasteiger partial charge is 0.340 e. The van der Waals surface area contributed by atoms with Gasteiger partial charge in [0, 0.05) is 13.2 Å². The summed E-state index contributed by atoms with van der Waals surface area (Å²) in [5.74, 6) is 5.78. The highest BCUT2D eigenvalue weighted by Crippen LogP contribution is 1.92. The Hall–Kier alpha value is -1.67. The number of nitrogens with zero attached hydrogens (tertiary/aromatic N) is 2. The quantitative estimate of drug-likeness (QED) is 0.621. The third-order valence-electron chi connectivity index (χ3n) is 1.20. The van der Waals surface area contributed by atoms with Crippen LogP contribution in [0.2, 0.25) is 0 Å². The Balaban J connectivity index is 0. The smallest absolute Gasteiger partial charge is 0.0947 e. The van der Waals surface area contributed by atoms with Gasteiger partial charge in [0.25, 0.3) is 0 Å². The van der Waals surface area contributed by atoms with Crippen LogP contribution in [0.1, 0.15) is 26.5 Å². The SMILES string of the molecule is C#C.CC.CC#CCc1cn(C)cn1. The van der Waals surface area contributed by atoms with E-state index in [1.165, 1.54) is 0 Å². The van der Waals surface area contributed by atoms with Gasteiger partial charge in [0.2, 0.25) is 0 Å². The van der Waals surface area contributed by atoms with Gasteiger partial charge in [-0.15, -0.1) is 18.8 Å². The van der Waals surface area contributed by atoms with Gasteiger partial charge in [0.05, 0.1) is 18.4 Å². The van der Waals surface area contributed by atoms with Gasteiger partial charge >= 0.3 is 0 Å². The molecule has 0 unspecified atom stereocenters. The molecule has 1 heterocycles. The highest BCUT2D eigenvalue weighted by Gasteiger charge is 1.90. The first-order valence-electron chi connectivity index (χ1n) is 4.52. The molecule has 2 nitrogen and oxygen atoms in total. The van der Waals surface area contributed by atoms with Crippen LogP contribution < -0.4 is 0 Å². The van der Waals surface area contributed by atoms with E-state index in [9.17, 15) is 0 Å². The van der Waals surface area contributed by atoms with Crippen LogP contribution in [-0.4, -0.2) is 9.55 Å². The zero-order valence-electron chi connectivity index (χ0n) is 9.41. The molecule has 1 aromatic heterocycles. The van der Waals surface area contributed by atoms with E-state index in [1.807, 2.05) is 38.6 Å². The van der Waals surface area contributed by atoms with Crippen LogP contribution in [0.15, 0.2) is 12.5 Å². The third kappa shape index (κ3) is 7.00. The summed E-state index contributed by atoms with van der Waals surface area (Å²) in [5.41, 5.74) is 1.04. The van der Waals surface area contributed by atoms with Gasteiger partial charge < -0.3 is 4.57 Å². The number of rotatable bonds is 1. The summed E-state index contributed by atoms with van der Waals surface area (Å²) >= 11 is 0. The van der Waals surface area contributed by atoms with E-state index in [0.29, 0.717) is 0 Å². The predicted octanol–water partition coefficient (Wildman–Crippen LogP) is 2.26. The molecule has 0 aromatic carbocycles. The summed E-state index contributed by atoms with van der Waals surface area (Å²) in [5, 5.41) is 0. The van der Waals surface area contributed by atoms with Crippen molar-refractivity contribution in [3.05, 3.63) is 18.2 Å². The van der Waals surface area contributed by atoms with Crippen molar-refractivity contribution in [3.63, 3.8) is 0 Å². The lowest BCUT2D eigenvalue weighted by Crippen LogP contribution is -1.80. The van der Waals surface area contributed by atoms with Crippen molar-refractivity contribution in [1.82, 2.24) is 9.55 Å². The first kappa shape index (κ1) is 14.8. The molecule has 0 atom stereocenters. The van der Waals surface area contributed by atoms with Gasteiger partial charge in [-0.1, -0.05) is 19.8 Å². The minimum absolute atomic E-state index is 0.761. The first-order chi connectivity index (χ1) is 6.83. The summed E-state index contributed by atoms with van der Waals surface area (Å²) in [4.78, 5) is 4.11. The Morgan fingerprint density at radius 3 is 2.36 bits per heavy atom. The minimum Gasteiger partial charge on any atom is -0.340 e. The molecule has 0 aliphatic carbocycles. The Morgan fingerprint density at radius 2 is 2.00 bits per heavy atom. The van der Waals surface area contributed by atoms with E-state index in [1.54, 1.807) is 6.33 Å². The molecule has 1 rings (SSSR count). The maximum absolute atomic E-state index is 4.11. The Morgan fingerprint density at radius 1 is 1.43 bits per heavy atom. The summed E-state index contributed by atoms with van der Waals surface area (Å²) in [6.45, 7) is 5.84. The monoisotopic (exact) mass is 190 g/mol. The molecule has 0 spiro atoms. The average Bonchev–Trinajstić information content (AvgIpc) is 2.67. The molecule has 0 bridgehead atoms. The van der Waals surface area contributed by atoms with Crippen LogP contribution >= 0.6 is 0 Å². The summed E-state index contributed by atoms with van der Waals surface area (Å²) in [6.07, 6.45) is 12.5. The number of hydrogen-bond acceptors (Lipinski definition) is 1. The average molecular weight is 190 g/mol. The molecule has 0 N–H and O–H groups in total. The second kappa shape index (κ2) is 11.3. The van der Waals surface area contributed by atoms with Gasteiger partial charge in [-0.25, -0.2) is 4.98 Å². The number of hydrogen-bond donors (Lipinski definition) is 0. The normalized spacial score (nSPS) is 6.71. The summed E-state index contributed by atoms with van der Waals surface area (Å²) < 4.78 is 1.92. The highest BCUT2D eigenvalue weighted by molar-refractivity contribution is 5.09. The second-order valence-electron chi connectivity index (χ2n) is 2.13. The lowest BCUT2D eigenvalue weighted by Gasteiger charge is -1.82. The van der Waals surface area contributed by atoms with E-state index in [4.69, 9.17) is 0 Å². The van der Waals surface area contributed by atoms with Crippen molar-refractivity contribution in [2.75, 3.05) is 0 Å². The van der Waals surface area contributed by atoms with Crippen LogP contribution in [0.25, 0.3) is 0 Å². The van der Waals surface area contributed by atoms with Crippen molar-refractivity contribution >= 4 is 0 Å². The van der Waals surface area contributed by atoms with Gasteiger partial charge in [0.15, 0.2) is 0 Å². The number of aryl methyl sites for hydroxylation is 1. The molecule has 2 heteroatoms. The van der Waals surface area contributed by atoms with E-state index in [0.717, 1.165) is 12.1 Å². The molecule has 14 heavy (non-hydrogen) atoms. The van der Waals surface area contributed by atoms with Crippen LogP contribution in [0, 0.1) is 24.7 Å². The molecule has 0 fully saturated rings. The lowest BCUT2D eigenvalue weighted by atomic mass is 10.3. The Kier molecular flexibility index (Phi) is 12.0. The van der Waals surface area contributed by atoms with Crippen molar-refractivity contribution in [1.29, 1.82) is 0 Å². The molecule has 0 saturated carbocycles. The maximum atomic E-state index is 4.11. The summed E-state index contributed by atoms with van der Waals surface area (Å²) in [7, 11) is 1.95. The Bertz CT molecular complexity index is 297. The molecule has 0 saturated heterocycles. The molecule has 1 aromatic rings. The minimum atomic E-state index is 0.761. The standard InChI is InChI=1S/C8H10N2.C2H6.C2H2/c1-3-4-5-8-6-10(2)7-9-8;2*1-2/h6-7H,5H2,1-2H3;1-2H3;1-2H. The fourth-order valence-electron chi connectivity index (χ4n) is 0.737. The zero-order chi connectivity index (χ0) is 11.4. The molecule has 0 aliphatic heterocycles. The van der Waals surface area contributed by atoms with Gasteiger partial charge in [-0.3, -0.25) is 0 Å². The van der Waals surface area contributed by atoms with Crippen molar-refractivity contribution < 1.29 is 0 Å².